The van der Waals surface area contributed by atoms with Crippen LogP contribution in [0.2, 0.25) is 0 Å². The number of phenolic OH excluding ortho intramolecular Hbond substituents is 1. The summed E-state index contributed by atoms with van der Waals surface area (Å²) in [6, 6.07) is 23.9. The summed E-state index contributed by atoms with van der Waals surface area (Å²) in [6.45, 7) is 0.357. The quantitative estimate of drug-likeness (QED) is 0.716. The van der Waals surface area contributed by atoms with E-state index in [0.29, 0.717) is 17.9 Å². The predicted octanol–water partition coefficient (Wildman–Crippen LogP) is 4.04. The highest BCUT2D eigenvalue weighted by molar-refractivity contribution is 5.79. The van der Waals surface area contributed by atoms with Gasteiger partial charge in [0.1, 0.15) is 17.2 Å². The van der Waals surface area contributed by atoms with Gasteiger partial charge in [-0.2, -0.15) is 0 Å². The van der Waals surface area contributed by atoms with E-state index >= 15 is 0 Å². The molecular formula is C21H19NO3. The van der Waals surface area contributed by atoms with Gasteiger partial charge >= 0.3 is 0 Å². The second-order valence-corrected chi connectivity index (χ2v) is 5.61. The van der Waals surface area contributed by atoms with Gasteiger partial charge in [-0.15, -0.1) is 0 Å². The minimum Gasteiger partial charge on any atom is -0.508 e. The molecule has 0 saturated carbocycles. The molecule has 0 bridgehead atoms. The molecule has 3 aromatic rings. The highest BCUT2D eigenvalue weighted by Crippen LogP contribution is 2.25. The second-order valence-electron chi connectivity index (χ2n) is 5.61. The summed E-state index contributed by atoms with van der Waals surface area (Å²) in [5.74, 6) is 1.42. The first-order valence-electron chi connectivity index (χ1n) is 8.07. The molecule has 0 radical (unpaired) electrons. The first-order chi connectivity index (χ1) is 12.2. The summed E-state index contributed by atoms with van der Waals surface area (Å²) in [7, 11) is 0. The van der Waals surface area contributed by atoms with Gasteiger partial charge in [-0.1, -0.05) is 54.6 Å². The number of benzene rings is 3. The van der Waals surface area contributed by atoms with E-state index in [1.807, 2.05) is 54.6 Å². The van der Waals surface area contributed by atoms with Gasteiger partial charge in [0, 0.05) is 17.7 Å². The van der Waals surface area contributed by atoms with E-state index < -0.39 is 0 Å². The van der Waals surface area contributed by atoms with Gasteiger partial charge in [0.05, 0.1) is 6.42 Å². The van der Waals surface area contributed by atoms with Crippen LogP contribution >= 0.6 is 0 Å². The van der Waals surface area contributed by atoms with Gasteiger partial charge in [0.25, 0.3) is 0 Å². The summed E-state index contributed by atoms with van der Waals surface area (Å²) in [5.41, 5.74) is 1.49. The minimum atomic E-state index is -0.156. The standard InChI is InChI=1S/C21H19NO3/c23-19-12-6-4-8-16(19)14-21(24)22-15-17-9-5-7-13-20(17)25-18-10-2-1-3-11-18/h1-13,23H,14-15H2,(H,22,24). The van der Waals surface area contributed by atoms with Crippen molar-refractivity contribution in [2.24, 2.45) is 0 Å². The van der Waals surface area contributed by atoms with Gasteiger partial charge in [-0.25, -0.2) is 0 Å². The molecule has 3 aromatic carbocycles. The molecule has 0 heterocycles. The maximum Gasteiger partial charge on any atom is 0.224 e. The highest BCUT2D eigenvalue weighted by Gasteiger charge is 2.09. The largest absolute Gasteiger partial charge is 0.508 e. The van der Waals surface area contributed by atoms with Crippen LogP contribution in [0.15, 0.2) is 78.9 Å². The van der Waals surface area contributed by atoms with Crippen LogP contribution in [0, 0.1) is 0 Å². The van der Waals surface area contributed by atoms with Crippen molar-refractivity contribution in [1.29, 1.82) is 0 Å². The zero-order valence-corrected chi connectivity index (χ0v) is 13.7. The number of rotatable bonds is 6. The monoisotopic (exact) mass is 333 g/mol. The van der Waals surface area contributed by atoms with E-state index in [2.05, 4.69) is 5.32 Å². The molecule has 1 amide bonds. The van der Waals surface area contributed by atoms with Gasteiger partial charge in [0.2, 0.25) is 5.91 Å². The third-order valence-electron chi connectivity index (χ3n) is 3.76. The topological polar surface area (TPSA) is 58.6 Å². The lowest BCUT2D eigenvalue weighted by atomic mass is 10.1. The zero-order chi connectivity index (χ0) is 17.5. The lowest BCUT2D eigenvalue weighted by Crippen LogP contribution is -2.24. The number of nitrogens with one attached hydrogen (secondary N) is 1. The number of carbonyl (C=O) groups is 1. The fourth-order valence-corrected chi connectivity index (χ4v) is 2.45. The molecule has 0 aliphatic heterocycles. The van der Waals surface area contributed by atoms with Crippen molar-refractivity contribution in [2.45, 2.75) is 13.0 Å². The lowest BCUT2D eigenvalue weighted by Gasteiger charge is -2.12. The van der Waals surface area contributed by atoms with Crippen molar-refractivity contribution < 1.29 is 14.6 Å². The molecule has 0 spiro atoms. The Bertz CT molecular complexity index is 847. The number of para-hydroxylation sites is 3. The lowest BCUT2D eigenvalue weighted by molar-refractivity contribution is -0.120. The van der Waals surface area contributed by atoms with E-state index in [1.54, 1.807) is 24.3 Å². The molecule has 126 valence electrons. The molecule has 4 nitrogen and oxygen atoms in total. The summed E-state index contributed by atoms with van der Waals surface area (Å²) < 4.78 is 5.89. The fourth-order valence-electron chi connectivity index (χ4n) is 2.45. The number of phenols is 1. The van der Waals surface area contributed by atoms with Crippen LogP contribution in [-0.4, -0.2) is 11.0 Å². The highest BCUT2D eigenvalue weighted by atomic mass is 16.5. The van der Waals surface area contributed by atoms with Crippen LogP contribution in [0.1, 0.15) is 11.1 Å². The Labute approximate surface area is 146 Å². The van der Waals surface area contributed by atoms with Crippen molar-refractivity contribution in [1.82, 2.24) is 5.32 Å². The van der Waals surface area contributed by atoms with Gasteiger partial charge in [0.15, 0.2) is 0 Å². The summed E-state index contributed by atoms with van der Waals surface area (Å²) in [4.78, 5) is 12.1. The van der Waals surface area contributed by atoms with Crippen LogP contribution in [0.5, 0.6) is 17.2 Å². The van der Waals surface area contributed by atoms with Gasteiger partial charge < -0.3 is 15.2 Å². The van der Waals surface area contributed by atoms with E-state index in [1.165, 1.54) is 0 Å². The predicted molar refractivity (Wildman–Crippen MR) is 96.6 cm³/mol. The summed E-state index contributed by atoms with van der Waals surface area (Å²) in [5, 5.41) is 12.6. The Kier molecular flexibility index (Phi) is 5.32. The molecule has 0 unspecified atom stereocenters. The number of aromatic hydroxyl groups is 1. The van der Waals surface area contributed by atoms with Crippen molar-refractivity contribution in [3.05, 3.63) is 90.0 Å². The molecule has 0 fully saturated rings. The molecule has 0 aromatic heterocycles. The average molecular weight is 333 g/mol. The molecule has 0 atom stereocenters. The van der Waals surface area contributed by atoms with E-state index in [9.17, 15) is 9.90 Å². The summed E-state index contributed by atoms with van der Waals surface area (Å²) in [6.07, 6.45) is 0.133. The van der Waals surface area contributed by atoms with Crippen molar-refractivity contribution in [2.75, 3.05) is 0 Å². The average Bonchev–Trinajstić information content (AvgIpc) is 2.64. The molecule has 0 aliphatic carbocycles. The number of amides is 1. The smallest absolute Gasteiger partial charge is 0.224 e. The molecule has 25 heavy (non-hydrogen) atoms. The Balaban J connectivity index is 1.63. The molecular weight excluding hydrogens is 314 g/mol. The van der Waals surface area contributed by atoms with Crippen molar-refractivity contribution in [3.63, 3.8) is 0 Å². The van der Waals surface area contributed by atoms with Crippen molar-refractivity contribution in [3.8, 4) is 17.2 Å². The van der Waals surface area contributed by atoms with Crippen LogP contribution < -0.4 is 10.1 Å². The van der Waals surface area contributed by atoms with E-state index in [4.69, 9.17) is 4.74 Å². The number of carbonyl (C=O) groups excluding carboxylic acids is 1. The van der Waals surface area contributed by atoms with E-state index in [-0.39, 0.29) is 18.1 Å². The third kappa shape index (κ3) is 4.61. The van der Waals surface area contributed by atoms with Crippen molar-refractivity contribution >= 4 is 5.91 Å². The molecule has 0 saturated heterocycles. The third-order valence-corrected chi connectivity index (χ3v) is 3.76. The zero-order valence-electron chi connectivity index (χ0n) is 13.7. The fraction of sp³-hybridized carbons (Fsp3) is 0.0952. The molecule has 2 N–H and O–H groups in total. The van der Waals surface area contributed by atoms with Gasteiger partial charge in [-0.05, 0) is 24.3 Å². The Morgan fingerprint density at radius 2 is 1.48 bits per heavy atom. The number of ether oxygens (including phenoxy) is 1. The SMILES string of the molecule is O=C(Cc1ccccc1O)NCc1ccccc1Oc1ccccc1. The number of hydrogen-bond donors (Lipinski definition) is 2. The molecule has 0 aliphatic rings. The maximum absolute atomic E-state index is 12.1. The Morgan fingerprint density at radius 3 is 2.24 bits per heavy atom. The molecule has 3 rings (SSSR count). The number of hydrogen-bond acceptors (Lipinski definition) is 3. The Hall–Kier alpha value is -3.27. The first kappa shape index (κ1) is 16.6. The summed E-state index contributed by atoms with van der Waals surface area (Å²) >= 11 is 0. The van der Waals surface area contributed by atoms with E-state index in [0.717, 1.165) is 11.3 Å². The van der Waals surface area contributed by atoms with Crippen LogP contribution in [0.25, 0.3) is 0 Å². The van der Waals surface area contributed by atoms with Crippen LogP contribution in [-0.2, 0) is 17.8 Å². The normalized spacial score (nSPS) is 10.2. The van der Waals surface area contributed by atoms with Crippen LogP contribution in [0.3, 0.4) is 0 Å². The first-order valence-corrected chi connectivity index (χ1v) is 8.07. The maximum atomic E-state index is 12.1. The Morgan fingerprint density at radius 1 is 0.840 bits per heavy atom. The second kappa shape index (κ2) is 8.02. The van der Waals surface area contributed by atoms with Crippen LogP contribution in [0.4, 0.5) is 0 Å². The molecule has 4 heteroatoms. The van der Waals surface area contributed by atoms with Gasteiger partial charge in [-0.3, -0.25) is 4.79 Å². The minimum absolute atomic E-state index is 0.130.